The number of benzene rings is 1. The van der Waals surface area contributed by atoms with Gasteiger partial charge in [-0.15, -0.1) is 0 Å². The van der Waals surface area contributed by atoms with Crippen LogP contribution in [0.5, 0.6) is 0 Å². The minimum atomic E-state index is -0.208. The first-order valence-electron chi connectivity index (χ1n) is 9.12. The number of aryl methyl sites for hydroxylation is 1. The highest BCUT2D eigenvalue weighted by Gasteiger charge is 2.32. The number of rotatable bonds is 2. The van der Waals surface area contributed by atoms with Gasteiger partial charge < -0.3 is 9.80 Å². The van der Waals surface area contributed by atoms with Crippen molar-refractivity contribution in [2.45, 2.75) is 18.6 Å². The summed E-state index contributed by atoms with van der Waals surface area (Å²) >= 11 is 13.9. The fraction of sp³-hybridized carbons (Fsp3) is 0.421. The lowest BCUT2D eigenvalue weighted by molar-refractivity contribution is -0.135. The van der Waals surface area contributed by atoms with Gasteiger partial charge in [-0.3, -0.25) is 14.2 Å². The van der Waals surface area contributed by atoms with Crippen LogP contribution >= 0.6 is 35.0 Å². The summed E-state index contributed by atoms with van der Waals surface area (Å²) in [5, 5.41) is 1.77. The van der Waals surface area contributed by atoms with E-state index in [-0.39, 0.29) is 17.4 Å². The summed E-state index contributed by atoms with van der Waals surface area (Å²) < 4.78 is 1.63. The summed E-state index contributed by atoms with van der Waals surface area (Å²) in [5.74, 6) is 0.540. The normalized spacial score (nSPS) is 19.5. The highest BCUT2D eigenvalue weighted by Crippen LogP contribution is 2.33. The second-order valence-corrected chi connectivity index (χ2v) is 8.81. The average Bonchev–Trinajstić information content (AvgIpc) is 2.72. The van der Waals surface area contributed by atoms with Crippen molar-refractivity contribution in [1.29, 1.82) is 0 Å². The predicted octanol–water partition coefficient (Wildman–Crippen LogP) is 2.93. The number of carbonyl (C=O) groups excluding carboxylic acids is 1. The summed E-state index contributed by atoms with van der Waals surface area (Å²) in [5.41, 5.74) is 1.44. The average molecular weight is 439 g/mol. The Hall–Kier alpha value is -1.70. The first-order valence-corrected chi connectivity index (χ1v) is 10.9. The summed E-state index contributed by atoms with van der Waals surface area (Å²) in [4.78, 5) is 33.8. The lowest BCUT2D eigenvalue weighted by atomic mass is 10.1. The molecule has 4 rings (SSSR count). The predicted molar refractivity (Wildman–Crippen MR) is 113 cm³/mol. The monoisotopic (exact) mass is 438 g/mol. The SMILES string of the molecule is Cc1cnc2n(c1=O)CC(C(=O)N1CCN(c3cccc(Cl)c3Cl)CC1)CS2. The van der Waals surface area contributed by atoms with Gasteiger partial charge in [0, 0.05) is 50.2 Å². The molecule has 1 saturated heterocycles. The molecule has 1 aromatic carbocycles. The third kappa shape index (κ3) is 3.63. The molecule has 0 aliphatic carbocycles. The van der Waals surface area contributed by atoms with Gasteiger partial charge in [0.05, 0.1) is 21.7 Å². The lowest BCUT2D eigenvalue weighted by Crippen LogP contribution is -2.52. The molecule has 0 N–H and O–H groups in total. The van der Waals surface area contributed by atoms with E-state index >= 15 is 0 Å². The summed E-state index contributed by atoms with van der Waals surface area (Å²) in [6, 6.07) is 5.60. The van der Waals surface area contributed by atoms with Gasteiger partial charge in [-0.25, -0.2) is 4.98 Å². The summed E-state index contributed by atoms with van der Waals surface area (Å²) in [7, 11) is 0. The molecule has 1 aromatic heterocycles. The number of halogens is 2. The number of thioether (sulfide) groups is 1. The molecule has 2 aliphatic heterocycles. The molecular formula is C19H20Cl2N4O2S. The summed E-state index contributed by atoms with van der Waals surface area (Å²) in [6.07, 6.45) is 1.60. The Kier molecular flexibility index (Phi) is 5.58. The van der Waals surface area contributed by atoms with Gasteiger partial charge in [0.25, 0.3) is 5.56 Å². The molecule has 148 valence electrons. The van der Waals surface area contributed by atoms with Gasteiger partial charge in [0.1, 0.15) is 0 Å². The number of fused-ring (bicyclic) bond motifs is 1. The van der Waals surface area contributed by atoms with Crippen molar-refractivity contribution in [2.75, 3.05) is 36.8 Å². The van der Waals surface area contributed by atoms with Gasteiger partial charge in [0.15, 0.2) is 5.16 Å². The minimum absolute atomic E-state index is 0.0598. The standard InChI is InChI=1S/C19H20Cl2N4O2S/c1-12-9-22-19-25(17(12)26)10-13(11-28-19)18(27)24-7-5-23(6-8-24)15-4-2-3-14(20)16(15)21/h2-4,9,13H,5-8,10-11H2,1H3. The molecule has 0 radical (unpaired) electrons. The fourth-order valence-electron chi connectivity index (χ4n) is 3.61. The molecule has 1 amide bonds. The van der Waals surface area contributed by atoms with E-state index in [2.05, 4.69) is 9.88 Å². The number of carbonyl (C=O) groups is 1. The molecule has 2 aromatic rings. The van der Waals surface area contributed by atoms with Crippen molar-refractivity contribution < 1.29 is 4.79 Å². The van der Waals surface area contributed by atoms with Crippen molar-refractivity contribution in [3.63, 3.8) is 0 Å². The van der Waals surface area contributed by atoms with Crippen LogP contribution in [-0.2, 0) is 11.3 Å². The topological polar surface area (TPSA) is 58.4 Å². The molecule has 0 spiro atoms. The zero-order valence-corrected chi connectivity index (χ0v) is 17.7. The van der Waals surface area contributed by atoms with Crippen LogP contribution in [0.4, 0.5) is 5.69 Å². The molecule has 2 aliphatic rings. The number of hydrogen-bond acceptors (Lipinski definition) is 5. The fourth-order valence-corrected chi connectivity index (χ4v) is 5.07. The Morgan fingerprint density at radius 3 is 2.71 bits per heavy atom. The highest BCUT2D eigenvalue weighted by molar-refractivity contribution is 7.99. The lowest BCUT2D eigenvalue weighted by Gasteiger charge is -2.38. The van der Waals surface area contributed by atoms with Crippen LogP contribution in [0.3, 0.4) is 0 Å². The minimum Gasteiger partial charge on any atom is -0.367 e. The third-order valence-electron chi connectivity index (χ3n) is 5.21. The largest absolute Gasteiger partial charge is 0.367 e. The van der Waals surface area contributed by atoms with Crippen molar-refractivity contribution in [3.8, 4) is 0 Å². The van der Waals surface area contributed by atoms with E-state index in [1.807, 2.05) is 17.0 Å². The molecule has 0 bridgehead atoms. The Bertz CT molecular complexity index is 973. The van der Waals surface area contributed by atoms with Crippen molar-refractivity contribution >= 4 is 46.6 Å². The van der Waals surface area contributed by atoms with Gasteiger partial charge in [-0.1, -0.05) is 41.0 Å². The molecule has 1 fully saturated rings. The molecule has 9 heteroatoms. The molecule has 0 saturated carbocycles. The van der Waals surface area contributed by atoms with E-state index in [0.717, 1.165) is 5.69 Å². The highest BCUT2D eigenvalue weighted by atomic mass is 35.5. The maximum atomic E-state index is 13.0. The van der Waals surface area contributed by atoms with E-state index in [1.165, 1.54) is 11.8 Å². The maximum Gasteiger partial charge on any atom is 0.257 e. The zero-order valence-electron chi connectivity index (χ0n) is 15.4. The van der Waals surface area contributed by atoms with Crippen LogP contribution in [-0.4, -0.2) is 52.3 Å². The summed E-state index contributed by atoms with van der Waals surface area (Å²) in [6.45, 7) is 4.78. The quantitative estimate of drug-likeness (QED) is 0.674. The van der Waals surface area contributed by atoms with E-state index in [0.29, 0.717) is 59.2 Å². The molecule has 1 atom stereocenters. The van der Waals surface area contributed by atoms with Crippen LogP contribution in [0.25, 0.3) is 0 Å². The first-order chi connectivity index (χ1) is 13.5. The number of nitrogens with zero attached hydrogens (tertiary/aromatic N) is 4. The van der Waals surface area contributed by atoms with Gasteiger partial charge in [-0.05, 0) is 19.1 Å². The van der Waals surface area contributed by atoms with Crippen LogP contribution in [0.15, 0.2) is 34.3 Å². The van der Waals surface area contributed by atoms with E-state index < -0.39 is 0 Å². The smallest absolute Gasteiger partial charge is 0.257 e. The van der Waals surface area contributed by atoms with Crippen LogP contribution < -0.4 is 10.5 Å². The molecule has 1 unspecified atom stereocenters. The number of amides is 1. The van der Waals surface area contributed by atoms with Crippen LogP contribution in [0.2, 0.25) is 10.0 Å². The zero-order chi connectivity index (χ0) is 19.8. The Morgan fingerprint density at radius 1 is 1.21 bits per heavy atom. The second-order valence-electron chi connectivity index (χ2n) is 7.03. The van der Waals surface area contributed by atoms with Crippen LogP contribution in [0.1, 0.15) is 5.56 Å². The Morgan fingerprint density at radius 2 is 1.96 bits per heavy atom. The van der Waals surface area contributed by atoms with Crippen molar-refractivity contribution in [2.24, 2.45) is 5.92 Å². The van der Waals surface area contributed by atoms with Crippen molar-refractivity contribution in [3.05, 3.63) is 50.4 Å². The molecule has 28 heavy (non-hydrogen) atoms. The Balaban J connectivity index is 1.43. The van der Waals surface area contributed by atoms with Crippen LogP contribution in [0, 0.1) is 12.8 Å². The molecule has 6 nitrogen and oxygen atoms in total. The van der Waals surface area contributed by atoms with E-state index in [9.17, 15) is 9.59 Å². The van der Waals surface area contributed by atoms with E-state index in [4.69, 9.17) is 23.2 Å². The van der Waals surface area contributed by atoms with Gasteiger partial charge in [-0.2, -0.15) is 0 Å². The third-order valence-corrected chi connectivity index (χ3v) is 7.17. The Labute approximate surface area is 177 Å². The van der Waals surface area contributed by atoms with Gasteiger partial charge >= 0.3 is 0 Å². The number of anilines is 1. The maximum absolute atomic E-state index is 13.0. The number of piperazine rings is 1. The number of hydrogen-bond donors (Lipinski definition) is 0. The van der Waals surface area contributed by atoms with E-state index in [1.54, 1.807) is 23.8 Å². The molecule has 3 heterocycles. The second kappa shape index (κ2) is 7.97. The molecular weight excluding hydrogens is 419 g/mol. The number of aromatic nitrogens is 2. The first kappa shape index (κ1) is 19.6. The van der Waals surface area contributed by atoms with Crippen molar-refractivity contribution in [1.82, 2.24) is 14.5 Å². The van der Waals surface area contributed by atoms with Gasteiger partial charge in [0.2, 0.25) is 5.91 Å².